The third-order valence-electron chi connectivity index (χ3n) is 3.27. The molecule has 2 unspecified atom stereocenters. The monoisotopic (exact) mass is 228 g/mol. The summed E-state index contributed by atoms with van der Waals surface area (Å²) in [4.78, 5) is 14.1. The maximum absolute atomic E-state index is 12.1. The highest BCUT2D eigenvalue weighted by molar-refractivity contribution is 5.82. The molecule has 0 radical (unpaired) electrons. The Morgan fingerprint density at radius 3 is 2.75 bits per heavy atom. The zero-order chi connectivity index (χ0) is 12.1. The van der Waals surface area contributed by atoms with E-state index in [4.69, 9.17) is 10.5 Å². The fourth-order valence-corrected chi connectivity index (χ4v) is 2.39. The minimum atomic E-state index is -0.510. The van der Waals surface area contributed by atoms with E-state index in [9.17, 15) is 4.79 Å². The maximum Gasteiger partial charge on any atom is 0.242 e. The number of likely N-dealkylation sites (tertiary alicyclic amines) is 1. The second kappa shape index (κ2) is 6.21. The largest absolute Gasteiger partial charge is 0.383 e. The standard InChI is InChI=1S/C12H24N2O2/c1-9(2)11-6-4-5-7-14(11)12(15)10(13)8-16-3/h9-11H,4-8,13H2,1-3H3. The van der Waals surface area contributed by atoms with Crippen LogP contribution in [0.5, 0.6) is 0 Å². The fraction of sp³-hybridized carbons (Fsp3) is 0.917. The second-order valence-corrected chi connectivity index (χ2v) is 4.90. The van der Waals surface area contributed by atoms with E-state index in [-0.39, 0.29) is 5.91 Å². The van der Waals surface area contributed by atoms with E-state index in [1.54, 1.807) is 7.11 Å². The number of ether oxygens (including phenoxy) is 1. The Hall–Kier alpha value is -0.610. The van der Waals surface area contributed by atoms with Crippen molar-refractivity contribution in [3.8, 4) is 0 Å². The van der Waals surface area contributed by atoms with Crippen molar-refractivity contribution in [2.75, 3.05) is 20.3 Å². The van der Waals surface area contributed by atoms with Crippen LogP contribution in [0.3, 0.4) is 0 Å². The Morgan fingerprint density at radius 1 is 1.50 bits per heavy atom. The Labute approximate surface area is 98.1 Å². The van der Waals surface area contributed by atoms with Crippen LogP contribution in [-0.2, 0) is 9.53 Å². The molecule has 2 N–H and O–H groups in total. The summed E-state index contributed by atoms with van der Waals surface area (Å²) in [7, 11) is 1.57. The van der Waals surface area contributed by atoms with Gasteiger partial charge in [-0.05, 0) is 25.2 Å². The van der Waals surface area contributed by atoms with E-state index in [0.717, 1.165) is 19.4 Å². The number of carbonyl (C=O) groups is 1. The van der Waals surface area contributed by atoms with Crippen LogP contribution in [0, 0.1) is 5.92 Å². The van der Waals surface area contributed by atoms with Crippen LogP contribution >= 0.6 is 0 Å². The van der Waals surface area contributed by atoms with E-state index >= 15 is 0 Å². The molecule has 1 fully saturated rings. The summed E-state index contributed by atoms with van der Waals surface area (Å²) in [5.41, 5.74) is 5.80. The molecule has 94 valence electrons. The Morgan fingerprint density at radius 2 is 2.19 bits per heavy atom. The smallest absolute Gasteiger partial charge is 0.242 e. The molecule has 2 atom stereocenters. The first-order valence-corrected chi connectivity index (χ1v) is 6.13. The lowest BCUT2D eigenvalue weighted by Crippen LogP contribution is -2.53. The van der Waals surface area contributed by atoms with Crippen molar-refractivity contribution >= 4 is 5.91 Å². The van der Waals surface area contributed by atoms with Crippen molar-refractivity contribution in [1.82, 2.24) is 4.90 Å². The summed E-state index contributed by atoms with van der Waals surface area (Å²) in [5, 5.41) is 0. The van der Waals surface area contributed by atoms with E-state index < -0.39 is 6.04 Å². The van der Waals surface area contributed by atoms with Gasteiger partial charge in [-0.3, -0.25) is 4.79 Å². The lowest BCUT2D eigenvalue weighted by molar-refractivity contribution is -0.138. The van der Waals surface area contributed by atoms with Gasteiger partial charge in [0.05, 0.1) is 6.61 Å². The highest BCUT2D eigenvalue weighted by atomic mass is 16.5. The van der Waals surface area contributed by atoms with Crippen LogP contribution in [0.4, 0.5) is 0 Å². The van der Waals surface area contributed by atoms with Crippen LogP contribution < -0.4 is 5.73 Å². The molecule has 4 nitrogen and oxygen atoms in total. The molecule has 4 heteroatoms. The van der Waals surface area contributed by atoms with Crippen LogP contribution in [0.25, 0.3) is 0 Å². The molecule has 0 aromatic rings. The lowest BCUT2D eigenvalue weighted by atomic mass is 9.92. The maximum atomic E-state index is 12.1. The Bertz CT molecular complexity index is 231. The summed E-state index contributed by atoms with van der Waals surface area (Å²) < 4.78 is 4.94. The average molecular weight is 228 g/mol. The molecule has 0 saturated carbocycles. The van der Waals surface area contributed by atoms with E-state index in [0.29, 0.717) is 18.6 Å². The van der Waals surface area contributed by atoms with Gasteiger partial charge in [-0.25, -0.2) is 0 Å². The third-order valence-corrected chi connectivity index (χ3v) is 3.27. The topological polar surface area (TPSA) is 55.6 Å². The van der Waals surface area contributed by atoms with Gasteiger partial charge in [0.2, 0.25) is 5.91 Å². The number of nitrogens with two attached hydrogens (primary N) is 1. The first-order valence-electron chi connectivity index (χ1n) is 6.13. The van der Waals surface area contributed by atoms with Crippen LogP contribution in [-0.4, -0.2) is 43.2 Å². The second-order valence-electron chi connectivity index (χ2n) is 4.90. The SMILES string of the molecule is COCC(N)C(=O)N1CCCCC1C(C)C. The van der Waals surface area contributed by atoms with E-state index in [1.165, 1.54) is 6.42 Å². The zero-order valence-corrected chi connectivity index (χ0v) is 10.6. The minimum absolute atomic E-state index is 0.0419. The van der Waals surface area contributed by atoms with Crippen molar-refractivity contribution < 1.29 is 9.53 Å². The zero-order valence-electron chi connectivity index (χ0n) is 10.6. The average Bonchev–Trinajstić information content (AvgIpc) is 2.28. The molecule has 0 aromatic carbocycles. The van der Waals surface area contributed by atoms with Gasteiger partial charge >= 0.3 is 0 Å². The third kappa shape index (κ3) is 3.19. The molecule has 0 aromatic heterocycles. The number of hydrogen-bond donors (Lipinski definition) is 1. The van der Waals surface area contributed by atoms with E-state index in [1.807, 2.05) is 4.90 Å². The Kier molecular flexibility index (Phi) is 5.22. The Balaban J connectivity index is 2.63. The summed E-state index contributed by atoms with van der Waals surface area (Å²) >= 11 is 0. The van der Waals surface area contributed by atoms with Gasteiger partial charge in [0.25, 0.3) is 0 Å². The van der Waals surface area contributed by atoms with Gasteiger partial charge in [0.15, 0.2) is 0 Å². The summed E-state index contributed by atoms with van der Waals surface area (Å²) in [6, 6.07) is -0.159. The highest BCUT2D eigenvalue weighted by Gasteiger charge is 2.31. The fourth-order valence-electron chi connectivity index (χ4n) is 2.39. The summed E-state index contributed by atoms with van der Waals surface area (Å²) in [5.74, 6) is 0.541. The highest BCUT2D eigenvalue weighted by Crippen LogP contribution is 2.23. The predicted octanol–water partition coefficient (Wildman–Crippen LogP) is 0.997. The minimum Gasteiger partial charge on any atom is -0.383 e. The molecule has 1 aliphatic heterocycles. The number of carbonyl (C=O) groups excluding carboxylic acids is 1. The summed E-state index contributed by atoms with van der Waals surface area (Å²) in [6.45, 7) is 5.48. The molecular formula is C12H24N2O2. The van der Waals surface area contributed by atoms with Gasteiger partial charge in [-0.2, -0.15) is 0 Å². The number of amides is 1. The molecule has 0 aliphatic carbocycles. The van der Waals surface area contributed by atoms with Crippen molar-refractivity contribution in [1.29, 1.82) is 0 Å². The van der Waals surface area contributed by atoms with Crippen LogP contribution in [0.15, 0.2) is 0 Å². The van der Waals surface area contributed by atoms with E-state index in [2.05, 4.69) is 13.8 Å². The molecule has 1 saturated heterocycles. The number of piperidine rings is 1. The normalized spacial score (nSPS) is 23.6. The van der Waals surface area contributed by atoms with Crippen molar-refractivity contribution in [3.63, 3.8) is 0 Å². The van der Waals surface area contributed by atoms with Crippen molar-refractivity contribution in [2.45, 2.75) is 45.2 Å². The van der Waals surface area contributed by atoms with Gasteiger partial charge in [0, 0.05) is 19.7 Å². The first-order chi connectivity index (χ1) is 7.57. The number of methoxy groups -OCH3 is 1. The number of rotatable bonds is 4. The van der Waals surface area contributed by atoms with Gasteiger partial charge in [-0.1, -0.05) is 13.8 Å². The molecule has 0 bridgehead atoms. The molecule has 1 aliphatic rings. The van der Waals surface area contributed by atoms with Crippen LogP contribution in [0.2, 0.25) is 0 Å². The number of nitrogens with zero attached hydrogens (tertiary/aromatic N) is 1. The molecular weight excluding hydrogens is 204 g/mol. The summed E-state index contributed by atoms with van der Waals surface area (Å²) in [6.07, 6.45) is 3.41. The van der Waals surface area contributed by atoms with Gasteiger partial charge in [0.1, 0.15) is 6.04 Å². The molecule has 1 heterocycles. The first kappa shape index (κ1) is 13.5. The quantitative estimate of drug-likeness (QED) is 0.781. The molecule has 0 spiro atoms. The van der Waals surface area contributed by atoms with Crippen LogP contribution in [0.1, 0.15) is 33.1 Å². The molecule has 1 rings (SSSR count). The molecule has 16 heavy (non-hydrogen) atoms. The van der Waals surface area contributed by atoms with Gasteiger partial charge < -0.3 is 15.4 Å². The lowest BCUT2D eigenvalue weighted by Gasteiger charge is -2.39. The van der Waals surface area contributed by atoms with Crippen molar-refractivity contribution in [3.05, 3.63) is 0 Å². The number of hydrogen-bond acceptors (Lipinski definition) is 3. The molecule has 1 amide bonds. The van der Waals surface area contributed by atoms with Crippen molar-refractivity contribution in [2.24, 2.45) is 11.7 Å². The van der Waals surface area contributed by atoms with Gasteiger partial charge in [-0.15, -0.1) is 0 Å². The predicted molar refractivity (Wildman–Crippen MR) is 64.0 cm³/mol.